The lowest BCUT2D eigenvalue weighted by Gasteiger charge is -2.11. The highest BCUT2D eigenvalue weighted by Crippen LogP contribution is 2.39. The Labute approximate surface area is 135 Å². The standard InChI is InChI=1S/C14H12BrClN2O3/c1-2-17-11-4-3-5-13(14(11)18(19)20)21-12-7-6-9(15)8-10(12)16/h3-8,17H,2H2,1H3. The molecule has 110 valence electrons. The molecule has 0 heterocycles. The van der Waals surface area contributed by atoms with Crippen molar-refractivity contribution in [3.05, 3.63) is 56.0 Å². The summed E-state index contributed by atoms with van der Waals surface area (Å²) in [5.41, 5.74) is 0.298. The summed E-state index contributed by atoms with van der Waals surface area (Å²) in [5.74, 6) is 0.499. The molecule has 0 atom stereocenters. The average Bonchev–Trinajstić information content (AvgIpc) is 2.42. The van der Waals surface area contributed by atoms with Crippen molar-refractivity contribution in [1.29, 1.82) is 0 Å². The second kappa shape index (κ2) is 6.78. The molecule has 0 radical (unpaired) electrons. The first-order chi connectivity index (χ1) is 10.0. The molecule has 0 saturated carbocycles. The van der Waals surface area contributed by atoms with Gasteiger partial charge in [-0.3, -0.25) is 10.1 Å². The molecule has 0 spiro atoms. The van der Waals surface area contributed by atoms with Crippen molar-refractivity contribution in [2.24, 2.45) is 0 Å². The quantitative estimate of drug-likeness (QED) is 0.577. The van der Waals surface area contributed by atoms with E-state index in [2.05, 4.69) is 21.2 Å². The molecule has 0 fully saturated rings. The van der Waals surface area contributed by atoms with Gasteiger partial charge in [-0.25, -0.2) is 0 Å². The van der Waals surface area contributed by atoms with Crippen molar-refractivity contribution in [3.63, 3.8) is 0 Å². The Morgan fingerprint density at radius 3 is 2.71 bits per heavy atom. The van der Waals surface area contributed by atoms with Crippen LogP contribution in [0.3, 0.4) is 0 Å². The van der Waals surface area contributed by atoms with Crippen LogP contribution >= 0.6 is 27.5 Å². The molecule has 2 aromatic carbocycles. The fraction of sp³-hybridized carbons (Fsp3) is 0.143. The molecule has 0 saturated heterocycles. The fourth-order valence-electron chi connectivity index (χ4n) is 1.80. The Bertz CT molecular complexity index is 679. The van der Waals surface area contributed by atoms with Crippen molar-refractivity contribution >= 4 is 38.9 Å². The molecule has 21 heavy (non-hydrogen) atoms. The third-order valence-electron chi connectivity index (χ3n) is 2.66. The minimum atomic E-state index is -0.472. The molecule has 0 unspecified atom stereocenters. The minimum absolute atomic E-state index is 0.113. The number of nitrogens with zero attached hydrogens (tertiary/aromatic N) is 1. The number of hydrogen-bond donors (Lipinski definition) is 1. The molecule has 0 aliphatic carbocycles. The number of halogens is 2. The zero-order valence-electron chi connectivity index (χ0n) is 11.1. The van der Waals surface area contributed by atoms with Gasteiger partial charge in [-0.15, -0.1) is 0 Å². The number of nitro groups is 1. The molecule has 0 aromatic heterocycles. The van der Waals surface area contributed by atoms with Crippen LogP contribution in [0.2, 0.25) is 5.02 Å². The molecule has 0 amide bonds. The summed E-state index contributed by atoms with van der Waals surface area (Å²) in [6.07, 6.45) is 0. The van der Waals surface area contributed by atoms with Crippen LogP contribution in [-0.4, -0.2) is 11.5 Å². The lowest BCUT2D eigenvalue weighted by molar-refractivity contribution is -0.384. The van der Waals surface area contributed by atoms with E-state index in [-0.39, 0.29) is 11.4 Å². The Hall–Kier alpha value is -1.79. The summed E-state index contributed by atoms with van der Waals surface area (Å²) in [5, 5.41) is 14.6. The van der Waals surface area contributed by atoms with Crippen molar-refractivity contribution in [2.75, 3.05) is 11.9 Å². The Morgan fingerprint density at radius 1 is 1.33 bits per heavy atom. The van der Waals surface area contributed by atoms with E-state index < -0.39 is 4.92 Å². The molecule has 0 aliphatic heterocycles. The molecule has 5 nitrogen and oxygen atoms in total. The first kappa shape index (κ1) is 15.6. The van der Waals surface area contributed by atoms with Crippen molar-refractivity contribution in [2.45, 2.75) is 6.92 Å². The van der Waals surface area contributed by atoms with E-state index in [9.17, 15) is 10.1 Å². The van der Waals surface area contributed by atoms with Crippen molar-refractivity contribution < 1.29 is 9.66 Å². The van der Waals surface area contributed by atoms with Gasteiger partial charge >= 0.3 is 5.69 Å². The normalized spacial score (nSPS) is 10.2. The maximum Gasteiger partial charge on any atom is 0.334 e. The SMILES string of the molecule is CCNc1cccc(Oc2ccc(Br)cc2Cl)c1[N+](=O)[O-]. The molecule has 1 N–H and O–H groups in total. The molecular weight excluding hydrogens is 360 g/mol. The predicted molar refractivity (Wildman–Crippen MR) is 86.5 cm³/mol. The number of benzene rings is 2. The summed E-state index contributed by atoms with van der Waals surface area (Å²) in [7, 11) is 0. The Kier molecular flexibility index (Phi) is 5.03. The van der Waals surface area contributed by atoms with E-state index in [0.29, 0.717) is 23.0 Å². The van der Waals surface area contributed by atoms with Crippen LogP contribution in [0.5, 0.6) is 11.5 Å². The number of anilines is 1. The number of ether oxygens (including phenoxy) is 1. The van der Waals surface area contributed by atoms with Gasteiger partial charge < -0.3 is 10.1 Å². The largest absolute Gasteiger partial charge is 0.448 e. The molecule has 0 bridgehead atoms. The maximum absolute atomic E-state index is 11.3. The van der Waals surface area contributed by atoms with Gasteiger partial charge in [0.25, 0.3) is 0 Å². The predicted octanol–water partition coefficient (Wildman–Crippen LogP) is 5.23. The summed E-state index contributed by atoms with van der Waals surface area (Å²) in [6, 6.07) is 9.93. The highest BCUT2D eigenvalue weighted by Gasteiger charge is 2.21. The summed E-state index contributed by atoms with van der Waals surface area (Å²) >= 11 is 9.37. The highest BCUT2D eigenvalue weighted by atomic mass is 79.9. The topological polar surface area (TPSA) is 64.4 Å². The van der Waals surface area contributed by atoms with Gasteiger partial charge in [-0.2, -0.15) is 0 Å². The molecular formula is C14H12BrClN2O3. The number of hydrogen-bond acceptors (Lipinski definition) is 4. The lowest BCUT2D eigenvalue weighted by Crippen LogP contribution is -2.02. The van der Waals surface area contributed by atoms with E-state index in [4.69, 9.17) is 16.3 Å². The van der Waals surface area contributed by atoms with Gasteiger partial charge in [0.1, 0.15) is 11.4 Å². The Morgan fingerprint density at radius 2 is 2.10 bits per heavy atom. The molecule has 2 rings (SSSR count). The third-order valence-corrected chi connectivity index (χ3v) is 3.45. The van der Waals surface area contributed by atoms with E-state index in [1.54, 1.807) is 30.3 Å². The van der Waals surface area contributed by atoms with Crippen LogP contribution in [0.25, 0.3) is 0 Å². The smallest absolute Gasteiger partial charge is 0.334 e. The summed E-state index contributed by atoms with van der Waals surface area (Å²) in [6.45, 7) is 2.44. The first-order valence-electron chi connectivity index (χ1n) is 6.17. The van der Waals surface area contributed by atoms with Crippen LogP contribution in [0.15, 0.2) is 40.9 Å². The van der Waals surface area contributed by atoms with E-state index in [0.717, 1.165) is 4.47 Å². The number of nitrogens with one attached hydrogen (secondary N) is 1. The van der Waals surface area contributed by atoms with Gasteiger partial charge in [0.2, 0.25) is 5.75 Å². The number of rotatable bonds is 5. The zero-order valence-corrected chi connectivity index (χ0v) is 13.4. The van der Waals surface area contributed by atoms with Crippen LogP contribution in [-0.2, 0) is 0 Å². The van der Waals surface area contributed by atoms with Crippen molar-refractivity contribution in [1.82, 2.24) is 0 Å². The molecule has 0 aliphatic rings. The number of para-hydroxylation sites is 1. The lowest BCUT2D eigenvalue weighted by atomic mass is 10.2. The van der Waals surface area contributed by atoms with Crippen LogP contribution in [0, 0.1) is 10.1 Å². The Balaban J connectivity index is 2.43. The van der Waals surface area contributed by atoms with E-state index >= 15 is 0 Å². The van der Waals surface area contributed by atoms with Crippen LogP contribution < -0.4 is 10.1 Å². The summed E-state index contributed by atoms with van der Waals surface area (Å²) in [4.78, 5) is 10.8. The van der Waals surface area contributed by atoms with Gasteiger partial charge in [-0.1, -0.05) is 33.6 Å². The van der Waals surface area contributed by atoms with Gasteiger partial charge in [0.15, 0.2) is 0 Å². The van der Waals surface area contributed by atoms with Crippen LogP contribution in [0.4, 0.5) is 11.4 Å². The second-order valence-electron chi connectivity index (χ2n) is 4.12. The molecule has 2 aromatic rings. The number of nitro benzene ring substituents is 1. The van der Waals surface area contributed by atoms with E-state index in [1.807, 2.05) is 6.92 Å². The van der Waals surface area contributed by atoms with E-state index in [1.165, 1.54) is 6.07 Å². The van der Waals surface area contributed by atoms with Crippen LogP contribution in [0.1, 0.15) is 6.92 Å². The second-order valence-corrected chi connectivity index (χ2v) is 5.44. The highest BCUT2D eigenvalue weighted by molar-refractivity contribution is 9.10. The monoisotopic (exact) mass is 370 g/mol. The first-order valence-corrected chi connectivity index (χ1v) is 7.34. The van der Waals surface area contributed by atoms with Crippen molar-refractivity contribution in [3.8, 4) is 11.5 Å². The minimum Gasteiger partial charge on any atom is -0.448 e. The van der Waals surface area contributed by atoms with Gasteiger partial charge in [0.05, 0.1) is 9.95 Å². The molecule has 7 heteroatoms. The fourth-order valence-corrected chi connectivity index (χ4v) is 2.51. The average molecular weight is 372 g/mol. The zero-order chi connectivity index (χ0) is 15.4. The van der Waals surface area contributed by atoms with Gasteiger partial charge in [0, 0.05) is 11.0 Å². The van der Waals surface area contributed by atoms with Gasteiger partial charge in [-0.05, 0) is 37.3 Å². The summed E-state index contributed by atoms with van der Waals surface area (Å²) < 4.78 is 6.41. The third kappa shape index (κ3) is 3.65. The maximum atomic E-state index is 11.3.